The Bertz CT molecular complexity index is 830. The van der Waals surface area contributed by atoms with Crippen molar-refractivity contribution in [3.63, 3.8) is 0 Å². The van der Waals surface area contributed by atoms with Gasteiger partial charge in [-0.1, -0.05) is 45.1 Å². The smallest absolute Gasteiger partial charge is 0.249 e. The summed E-state index contributed by atoms with van der Waals surface area (Å²) in [5.41, 5.74) is 3.47. The van der Waals surface area contributed by atoms with E-state index in [1.54, 1.807) is 0 Å². The molecule has 0 aromatic rings. The Balaban J connectivity index is 1.44. The quantitative estimate of drug-likeness (QED) is 0.511. The lowest BCUT2D eigenvalue weighted by Gasteiger charge is -2.45. The molecule has 0 bridgehead atoms. The van der Waals surface area contributed by atoms with Gasteiger partial charge in [0.2, 0.25) is 5.92 Å². The molecule has 3 nitrogen and oxygen atoms in total. The number of aliphatic hydroxyl groups is 2. The Labute approximate surface area is 205 Å². The highest BCUT2D eigenvalue weighted by Gasteiger charge is 2.51. The summed E-state index contributed by atoms with van der Waals surface area (Å²) >= 11 is 0. The van der Waals surface area contributed by atoms with Crippen LogP contribution < -0.4 is 0 Å². The van der Waals surface area contributed by atoms with Crippen molar-refractivity contribution in [3.05, 3.63) is 35.5 Å². The van der Waals surface area contributed by atoms with E-state index in [1.165, 1.54) is 31.3 Å². The van der Waals surface area contributed by atoms with Crippen molar-refractivity contribution < 1.29 is 19.0 Å². The average molecular weight is 478 g/mol. The van der Waals surface area contributed by atoms with Crippen molar-refractivity contribution in [1.29, 1.82) is 0 Å². The van der Waals surface area contributed by atoms with Gasteiger partial charge in [-0.3, -0.25) is 0 Å². The molecule has 1 aliphatic heterocycles. The highest BCUT2D eigenvalue weighted by Crippen LogP contribution is 2.59. The lowest BCUT2D eigenvalue weighted by atomic mass is 9.61. The molecule has 1 heterocycles. The summed E-state index contributed by atoms with van der Waals surface area (Å²) in [6, 6.07) is 0. The zero-order valence-electron chi connectivity index (χ0n) is 21.6. The third-order valence-corrected chi connectivity index (χ3v) is 10.1. The van der Waals surface area contributed by atoms with Crippen LogP contribution >= 0.6 is 0 Å². The van der Waals surface area contributed by atoms with Gasteiger partial charge >= 0.3 is 0 Å². The number of hydrogen-bond donors (Lipinski definition) is 2. The van der Waals surface area contributed by atoms with Gasteiger partial charge in [-0.15, -0.1) is 0 Å². The molecule has 0 unspecified atom stereocenters. The molecule has 5 heteroatoms. The normalized spacial score (nSPS) is 43.0. The van der Waals surface area contributed by atoms with Crippen LogP contribution in [0, 0.1) is 35.0 Å². The Morgan fingerprint density at radius 2 is 1.97 bits per heavy atom. The minimum atomic E-state index is -2.58. The number of nitrogens with zero attached hydrogens (tertiary/aromatic N) is 1. The number of alkyl halides is 2. The van der Waals surface area contributed by atoms with Gasteiger partial charge < -0.3 is 15.1 Å². The number of fused-ring (bicyclic) bond motifs is 1. The summed E-state index contributed by atoms with van der Waals surface area (Å²) in [6.45, 7) is 14.1. The fourth-order valence-electron chi connectivity index (χ4n) is 7.80. The molecule has 0 spiro atoms. The minimum Gasteiger partial charge on any atom is -0.392 e. The summed E-state index contributed by atoms with van der Waals surface area (Å²) in [7, 11) is 0. The Morgan fingerprint density at radius 3 is 2.65 bits per heavy atom. The lowest BCUT2D eigenvalue weighted by molar-refractivity contribution is -0.0360. The van der Waals surface area contributed by atoms with Crippen molar-refractivity contribution in [2.75, 3.05) is 19.6 Å². The van der Waals surface area contributed by atoms with Crippen LogP contribution in [-0.4, -0.2) is 52.9 Å². The van der Waals surface area contributed by atoms with Gasteiger partial charge in [0.25, 0.3) is 0 Å². The van der Waals surface area contributed by atoms with Crippen LogP contribution in [0.5, 0.6) is 0 Å². The predicted molar refractivity (Wildman–Crippen MR) is 134 cm³/mol. The molecular formula is C29H45F2NO2. The molecular weight excluding hydrogens is 432 g/mol. The molecule has 4 aliphatic rings. The topological polar surface area (TPSA) is 43.7 Å². The second-order valence-electron chi connectivity index (χ2n) is 12.3. The van der Waals surface area contributed by atoms with Crippen molar-refractivity contribution in [2.24, 2.45) is 35.0 Å². The number of halogens is 2. The maximum atomic E-state index is 13.8. The van der Waals surface area contributed by atoms with Gasteiger partial charge in [0, 0.05) is 24.9 Å². The molecule has 0 amide bonds. The van der Waals surface area contributed by atoms with Crippen LogP contribution in [0.3, 0.4) is 0 Å². The maximum absolute atomic E-state index is 13.8. The van der Waals surface area contributed by atoms with Crippen LogP contribution in [0.4, 0.5) is 8.78 Å². The minimum absolute atomic E-state index is 0.179. The van der Waals surface area contributed by atoms with Gasteiger partial charge in [0.1, 0.15) is 0 Å². The van der Waals surface area contributed by atoms with Gasteiger partial charge in [-0.2, -0.15) is 0 Å². The monoisotopic (exact) mass is 477 g/mol. The van der Waals surface area contributed by atoms with E-state index in [1.807, 2.05) is 6.92 Å². The summed E-state index contributed by atoms with van der Waals surface area (Å²) in [4.78, 5) is 2.28. The highest BCUT2D eigenvalue weighted by atomic mass is 19.3. The Morgan fingerprint density at radius 1 is 1.24 bits per heavy atom. The molecule has 2 N–H and O–H groups in total. The summed E-state index contributed by atoms with van der Waals surface area (Å²) in [5.74, 6) is -1.58. The zero-order valence-corrected chi connectivity index (χ0v) is 21.6. The fourth-order valence-corrected chi connectivity index (χ4v) is 7.80. The van der Waals surface area contributed by atoms with Crippen LogP contribution in [0.1, 0.15) is 72.6 Å². The highest BCUT2D eigenvalue weighted by molar-refractivity contribution is 5.39. The largest absolute Gasteiger partial charge is 0.392 e. The number of allylic oxidation sites excluding steroid dienone is 3. The van der Waals surface area contributed by atoms with E-state index in [-0.39, 0.29) is 11.3 Å². The number of hydrogen-bond acceptors (Lipinski definition) is 3. The first-order chi connectivity index (χ1) is 15.9. The summed E-state index contributed by atoms with van der Waals surface area (Å²) in [5, 5.41) is 20.8. The predicted octanol–water partition coefficient (Wildman–Crippen LogP) is 5.99. The van der Waals surface area contributed by atoms with E-state index < -0.39 is 24.0 Å². The van der Waals surface area contributed by atoms with Crippen molar-refractivity contribution >= 4 is 0 Å². The van der Waals surface area contributed by atoms with Crippen LogP contribution in [0.15, 0.2) is 35.5 Å². The van der Waals surface area contributed by atoms with Crippen LogP contribution in [0.2, 0.25) is 0 Å². The molecule has 3 aliphatic carbocycles. The molecule has 34 heavy (non-hydrogen) atoms. The lowest BCUT2D eigenvalue weighted by Crippen LogP contribution is -2.40. The van der Waals surface area contributed by atoms with Gasteiger partial charge in [0.15, 0.2) is 0 Å². The second kappa shape index (κ2) is 9.78. The maximum Gasteiger partial charge on any atom is 0.249 e. The van der Waals surface area contributed by atoms with E-state index in [0.717, 1.165) is 37.6 Å². The third kappa shape index (κ3) is 4.95. The molecule has 1 saturated heterocycles. The Hall–Kier alpha value is -1.04. The number of rotatable bonds is 5. The molecule has 0 aromatic heterocycles. The van der Waals surface area contributed by atoms with E-state index in [2.05, 4.69) is 37.5 Å². The average Bonchev–Trinajstić information content (AvgIpc) is 3.38. The summed E-state index contributed by atoms with van der Waals surface area (Å²) in [6.07, 6.45) is 10.2. The summed E-state index contributed by atoms with van der Waals surface area (Å²) < 4.78 is 27.6. The number of likely N-dealkylation sites (tertiary alicyclic amines) is 1. The molecule has 4 rings (SSSR count). The van der Waals surface area contributed by atoms with Crippen molar-refractivity contribution in [1.82, 2.24) is 4.90 Å². The van der Waals surface area contributed by atoms with Gasteiger partial charge in [-0.25, -0.2) is 8.78 Å². The SMILES string of the molecule is C=C1/C(=C\C=C2/CCC[C@]3(C)[C@@H]([C@H](C)CN4CC[C@H](C(C)(F)F)C4)CC[C@@H]23)C[C@@H](O)[C@H](C)[C@@H]1O. The van der Waals surface area contributed by atoms with Gasteiger partial charge in [0.05, 0.1) is 12.2 Å². The van der Waals surface area contributed by atoms with Gasteiger partial charge in [-0.05, 0) is 92.7 Å². The first-order valence-corrected chi connectivity index (χ1v) is 13.5. The standard InChI is InChI=1S/C29H45F2NO2/c1-18(16-32-14-12-23(17-32)29(5,30)31)24-10-11-25-21(7-6-13-28(24,25)4)8-9-22-15-26(33)20(3)27(34)19(22)2/h8-9,18,20,23-27,33-34H,2,6-7,10-17H2,1,3-5H3/b21-8+,22-9-/t18-,20+,23+,24-,25+,26-,27-,28-/m1/s1. The van der Waals surface area contributed by atoms with Crippen LogP contribution in [-0.2, 0) is 0 Å². The molecule has 192 valence electrons. The first kappa shape index (κ1) is 26.0. The second-order valence-corrected chi connectivity index (χ2v) is 12.3. The number of aliphatic hydroxyl groups excluding tert-OH is 2. The Kier molecular flexibility index (Phi) is 7.49. The molecule has 0 radical (unpaired) electrons. The van der Waals surface area contributed by atoms with E-state index in [9.17, 15) is 19.0 Å². The van der Waals surface area contributed by atoms with E-state index in [0.29, 0.717) is 37.1 Å². The molecule has 8 atom stereocenters. The zero-order chi connectivity index (χ0) is 24.8. The van der Waals surface area contributed by atoms with E-state index in [4.69, 9.17) is 0 Å². The molecule has 4 fully saturated rings. The van der Waals surface area contributed by atoms with Crippen molar-refractivity contribution in [2.45, 2.75) is 90.8 Å². The fraction of sp³-hybridized carbons (Fsp3) is 0.793. The molecule has 3 saturated carbocycles. The van der Waals surface area contributed by atoms with Crippen LogP contribution in [0.25, 0.3) is 0 Å². The van der Waals surface area contributed by atoms with E-state index >= 15 is 0 Å². The third-order valence-electron chi connectivity index (χ3n) is 10.1. The molecule has 0 aromatic carbocycles. The first-order valence-electron chi connectivity index (χ1n) is 13.5. The van der Waals surface area contributed by atoms with Crippen molar-refractivity contribution in [3.8, 4) is 0 Å².